The molecule has 3 amide bonds. The fourth-order valence-corrected chi connectivity index (χ4v) is 3.61. The zero-order valence-electron chi connectivity index (χ0n) is 19.3. The number of ether oxygens (including phenoxy) is 1. The van der Waals surface area contributed by atoms with Gasteiger partial charge in [-0.2, -0.15) is 0 Å². The van der Waals surface area contributed by atoms with Crippen molar-refractivity contribution in [2.75, 3.05) is 37.5 Å². The van der Waals surface area contributed by atoms with Crippen LogP contribution in [0.1, 0.15) is 52.5 Å². The molecule has 1 aromatic rings. The van der Waals surface area contributed by atoms with Crippen LogP contribution >= 0.6 is 0 Å². The second-order valence-electron chi connectivity index (χ2n) is 9.00. The Morgan fingerprint density at radius 2 is 1.93 bits per heavy atom. The van der Waals surface area contributed by atoms with Crippen molar-refractivity contribution in [2.24, 2.45) is 5.92 Å². The minimum atomic E-state index is -0.0977. The third-order valence-electron chi connectivity index (χ3n) is 4.95. The van der Waals surface area contributed by atoms with Gasteiger partial charge in [0.25, 0.3) is 0 Å². The van der Waals surface area contributed by atoms with Crippen LogP contribution in [-0.2, 0) is 16.1 Å². The van der Waals surface area contributed by atoms with Crippen molar-refractivity contribution in [3.05, 3.63) is 23.8 Å². The average Bonchev–Trinajstić information content (AvgIpc) is 3.12. The molecular weight excluding hydrogens is 380 g/mol. The molecule has 1 fully saturated rings. The Balaban J connectivity index is 2.24. The first-order valence-electron chi connectivity index (χ1n) is 10.9. The monoisotopic (exact) mass is 418 g/mol. The van der Waals surface area contributed by atoms with E-state index in [4.69, 9.17) is 4.74 Å². The molecule has 30 heavy (non-hydrogen) atoms. The molecule has 1 aliphatic rings. The molecule has 1 aliphatic heterocycles. The molecule has 168 valence electrons. The second-order valence-corrected chi connectivity index (χ2v) is 9.00. The van der Waals surface area contributed by atoms with E-state index in [0.717, 1.165) is 36.4 Å². The molecule has 1 atom stereocenters. The summed E-state index contributed by atoms with van der Waals surface area (Å²) in [6.07, 6.45) is 2.55. The summed E-state index contributed by atoms with van der Waals surface area (Å²) in [5.74, 6) is 0.300. The standard InChI is InChI=1S/C23H38N4O3/c1-16(2)12-22(28)25-19-9-10-21(26(5)6)18(13-19)14-27(23(29)24-17(3)4)15-20-8-7-11-30-20/h9-10,13,16-17,20H,7-8,11-12,14-15H2,1-6H3,(H,24,29)(H,25,28)/t20-/m1/s1. The molecule has 0 bridgehead atoms. The van der Waals surface area contributed by atoms with Crippen LogP contribution in [0.3, 0.4) is 0 Å². The van der Waals surface area contributed by atoms with Gasteiger partial charge in [-0.1, -0.05) is 13.8 Å². The maximum absolute atomic E-state index is 12.9. The number of anilines is 2. The summed E-state index contributed by atoms with van der Waals surface area (Å²) in [5, 5.41) is 5.99. The molecule has 2 N–H and O–H groups in total. The van der Waals surface area contributed by atoms with E-state index in [2.05, 4.69) is 10.6 Å². The molecule has 0 saturated carbocycles. The molecule has 1 aromatic carbocycles. The lowest BCUT2D eigenvalue weighted by Gasteiger charge is -2.29. The van der Waals surface area contributed by atoms with Crippen molar-refractivity contribution < 1.29 is 14.3 Å². The van der Waals surface area contributed by atoms with Crippen LogP contribution in [0.25, 0.3) is 0 Å². The summed E-state index contributed by atoms with van der Waals surface area (Å²) in [6, 6.07) is 5.83. The van der Waals surface area contributed by atoms with Crippen LogP contribution < -0.4 is 15.5 Å². The van der Waals surface area contributed by atoms with Crippen molar-refractivity contribution in [2.45, 2.75) is 65.6 Å². The van der Waals surface area contributed by atoms with Crippen LogP contribution in [0.2, 0.25) is 0 Å². The summed E-state index contributed by atoms with van der Waals surface area (Å²) < 4.78 is 5.78. The number of rotatable bonds is 9. The molecule has 2 rings (SSSR count). The van der Waals surface area contributed by atoms with E-state index in [1.165, 1.54) is 0 Å². The summed E-state index contributed by atoms with van der Waals surface area (Å²) in [6.45, 7) is 9.71. The molecule has 1 heterocycles. The first kappa shape index (κ1) is 24.0. The van der Waals surface area contributed by atoms with Gasteiger partial charge in [0.05, 0.1) is 6.10 Å². The van der Waals surface area contributed by atoms with E-state index >= 15 is 0 Å². The van der Waals surface area contributed by atoms with E-state index in [9.17, 15) is 9.59 Å². The van der Waals surface area contributed by atoms with Crippen molar-refractivity contribution >= 4 is 23.3 Å². The van der Waals surface area contributed by atoms with Gasteiger partial charge in [0.2, 0.25) is 5.91 Å². The largest absolute Gasteiger partial charge is 0.377 e. The minimum absolute atomic E-state index is 0.00214. The van der Waals surface area contributed by atoms with Crippen LogP contribution in [0.5, 0.6) is 0 Å². The van der Waals surface area contributed by atoms with Crippen molar-refractivity contribution in [3.63, 3.8) is 0 Å². The van der Waals surface area contributed by atoms with Crippen LogP contribution in [0.4, 0.5) is 16.2 Å². The SMILES string of the molecule is CC(C)CC(=O)Nc1ccc(N(C)C)c(CN(C[C@H]2CCCO2)C(=O)NC(C)C)c1. The van der Waals surface area contributed by atoms with Gasteiger partial charge in [0.1, 0.15) is 0 Å². The first-order chi connectivity index (χ1) is 14.2. The maximum Gasteiger partial charge on any atom is 0.317 e. The molecule has 0 aromatic heterocycles. The summed E-state index contributed by atoms with van der Waals surface area (Å²) in [5.41, 5.74) is 2.76. The summed E-state index contributed by atoms with van der Waals surface area (Å²) in [7, 11) is 3.96. The first-order valence-corrected chi connectivity index (χ1v) is 10.9. The lowest BCUT2D eigenvalue weighted by Crippen LogP contribution is -2.45. The molecule has 1 saturated heterocycles. The van der Waals surface area contributed by atoms with Gasteiger partial charge in [0, 0.05) is 57.6 Å². The number of urea groups is 1. The molecule has 7 nitrogen and oxygen atoms in total. The second kappa shape index (κ2) is 11.2. The van der Waals surface area contributed by atoms with Crippen molar-refractivity contribution in [1.29, 1.82) is 0 Å². The highest BCUT2D eigenvalue weighted by Crippen LogP contribution is 2.26. The molecule has 0 spiro atoms. The van der Waals surface area contributed by atoms with Gasteiger partial charge in [0.15, 0.2) is 0 Å². The molecule has 0 unspecified atom stereocenters. The Morgan fingerprint density at radius 3 is 2.50 bits per heavy atom. The normalized spacial score (nSPS) is 16.1. The summed E-state index contributed by atoms with van der Waals surface area (Å²) >= 11 is 0. The quantitative estimate of drug-likeness (QED) is 0.639. The van der Waals surface area contributed by atoms with Gasteiger partial charge in [-0.05, 0) is 56.4 Å². The maximum atomic E-state index is 12.9. The zero-order valence-corrected chi connectivity index (χ0v) is 19.3. The number of hydrogen-bond acceptors (Lipinski definition) is 4. The third kappa shape index (κ3) is 7.52. The highest BCUT2D eigenvalue weighted by Gasteiger charge is 2.24. The van der Waals surface area contributed by atoms with E-state index in [1.807, 2.05) is 69.8 Å². The van der Waals surface area contributed by atoms with E-state index in [-0.39, 0.29) is 24.1 Å². The Labute approximate surface area is 181 Å². The summed E-state index contributed by atoms with van der Waals surface area (Å²) in [4.78, 5) is 29.0. The Hall–Kier alpha value is -2.28. The lowest BCUT2D eigenvalue weighted by molar-refractivity contribution is -0.116. The predicted molar refractivity (Wildman–Crippen MR) is 122 cm³/mol. The number of nitrogens with zero attached hydrogens (tertiary/aromatic N) is 2. The molecule has 0 radical (unpaired) electrons. The highest BCUT2D eigenvalue weighted by molar-refractivity contribution is 5.91. The van der Waals surface area contributed by atoms with Crippen LogP contribution in [0, 0.1) is 5.92 Å². The van der Waals surface area contributed by atoms with Gasteiger partial charge >= 0.3 is 6.03 Å². The molecule has 7 heteroatoms. The number of nitrogens with one attached hydrogen (secondary N) is 2. The fraction of sp³-hybridized carbons (Fsp3) is 0.652. The average molecular weight is 419 g/mol. The zero-order chi connectivity index (χ0) is 22.3. The number of carbonyl (C=O) groups is 2. The van der Waals surface area contributed by atoms with Gasteiger partial charge < -0.3 is 25.2 Å². The Morgan fingerprint density at radius 1 is 1.20 bits per heavy atom. The van der Waals surface area contributed by atoms with Gasteiger partial charge in [-0.25, -0.2) is 4.79 Å². The third-order valence-corrected chi connectivity index (χ3v) is 4.95. The van der Waals surface area contributed by atoms with Crippen LogP contribution in [0.15, 0.2) is 18.2 Å². The van der Waals surface area contributed by atoms with E-state index in [0.29, 0.717) is 25.4 Å². The Bertz CT molecular complexity index is 712. The highest BCUT2D eigenvalue weighted by atomic mass is 16.5. The van der Waals surface area contributed by atoms with Crippen LogP contribution in [-0.4, -0.2) is 56.2 Å². The van der Waals surface area contributed by atoms with Gasteiger partial charge in [-0.3, -0.25) is 4.79 Å². The molecule has 0 aliphatic carbocycles. The number of carbonyl (C=O) groups excluding carboxylic acids is 2. The fourth-order valence-electron chi connectivity index (χ4n) is 3.61. The predicted octanol–water partition coefficient (Wildman–Crippen LogP) is 3.84. The van der Waals surface area contributed by atoms with Gasteiger partial charge in [-0.15, -0.1) is 0 Å². The minimum Gasteiger partial charge on any atom is -0.377 e. The smallest absolute Gasteiger partial charge is 0.317 e. The van der Waals surface area contributed by atoms with Crippen molar-refractivity contribution in [1.82, 2.24) is 10.2 Å². The molecular formula is C23H38N4O3. The number of benzene rings is 1. The van der Waals surface area contributed by atoms with E-state index < -0.39 is 0 Å². The lowest BCUT2D eigenvalue weighted by atomic mass is 10.1. The Kier molecular flexibility index (Phi) is 8.96. The topological polar surface area (TPSA) is 73.9 Å². The number of hydrogen-bond donors (Lipinski definition) is 2. The number of amides is 3. The van der Waals surface area contributed by atoms with Crippen molar-refractivity contribution in [3.8, 4) is 0 Å². The van der Waals surface area contributed by atoms with E-state index in [1.54, 1.807) is 0 Å².